The number of rotatable bonds is 3. The van der Waals surface area contributed by atoms with E-state index in [1.54, 1.807) is 0 Å². The van der Waals surface area contributed by atoms with Crippen LogP contribution in [-0.4, -0.2) is 41.2 Å². The Kier molecular flexibility index (Phi) is 4.10. The summed E-state index contributed by atoms with van der Waals surface area (Å²) in [7, 11) is 0. The van der Waals surface area contributed by atoms with Crippen molar-refractivity contribution in [2.24, 2.45) is 0 Å². The molecule has 21 heavy (non-hydrogen) atoms. The molecule has 0 radical (unpaired) electrons. The predicted octanol–water partition coefficient (Wildman–Crippen LogP) is 2.64. The number of nitrogens with zero attached hydrogens (tertiary/aromatic N) is 3. The highest BCUT2D eigenvalue weighted by molar-refractivity contribution is 9.10. The zero-order valence-electron chi connectivity index (χ0n) is 12.3. The highest BCUT2D eigenvalue weighted by Gasteiger charge is 2.34. The molecule has 1 aliphatic heterocycles. The highest BCUT2D eigenvalue weighted by Crippen LogP contribution is 2.30. The monoisotopic (exact) mass is 350 g/mol. The lowest BCUT2D eigenvalue weighted by Gasteiger charge is -2.38. The Morgan fingerprint density at radius 2 is 1.95 bits per heavy atom. The fraction of sp³-hybridized carbons (Fsp3) is 0.467. The molecule has 0 bridgehead atoms. The fourth-order valence-corrected chi connectivity index (χ4v) is 3.04. The standard InChI is InChI=1S/C15H19BrN4O/c1-15(2,20-9-7-17-8-10-20)14-18-13(21-19-14)11-5-3-4-6-12(11)16/h3-6,17H,7-10H2,1-2H3. The maximum atomic E-state index is 5.48. The van der Waals surface area contributed by atoms with E-state index in [1.807, 2.05) is 24.3 Å². The van der Waals surface area contributed by atoms with Crippen molar-refractivity contribution in [1.29, 1.82) is 0 Å². The van der Waals surface area contributed by atoms with E-state index in [4.69, 9.17) is 4.52 Å². The average molecular weight is 351 g/mol. The van der Waals surface area contributed by atoms with Crippen molar-refractivity contribution < 1.29 is 4.52 Å². The molecule has 1 fully saturated rings. The first-order valence-corrected chi connectivity index (χ1v) is 7.93. The Morgan fingerprint density at radius 1 is 1.24 bits per heavy atom. The maximum Gasteiger partial charge on any atom is 0.259 e. The van der Waals surface area contributed by atoms with Gasteiger partial charge >= 0.3 is 0 Å². The summed E-state index contributed by atoms with van der Waals surface area (Å²) in [5.41, 5.74) is 0.692. The molecule has 1 aromatic carbocycles. The molecule has 0 atom stereocenters. The lowest BCUT2D eigenvalue weighted by molar-refractivity contribution is 0.0925. The molecule has 0 unspecified atom stereocenters. The van der Waals surface area contributed by atoms with E-state index in [-0.39, 0.29) is 5.54 Å². The van der Waals surface area contributed by atoms with Gasteiger partial charge < -0.3 is 9.84 Å². The van der Waals surface area contributed by atoms with Crippen molar-refractivity contribution in [1.82, 2.24) is 20.4 Å². The molecule has 3 rings (SSSR count). The van der Waals surface area contributed by atoms with Crippen LogP contribution in [0.5, 0.6) is 0 Å². The van der Waals surface area contributed by atoms with Crippen LogP contribution in [0.15, 0.2) is 33.3 Å². The average Bonchev–Trinajstić information content (AvgIpc) is 2.99. The van der Waals surface area contributed by atoms with Crippen LogP contribution in [0.25, 0.3) is 11.5 Å². The molecule has 0 amide bonds. The van der Waals surface area contributed by atoms with Gasteiger partial charge in [0.15, 0.2) is 5.82 Å². The second-order valence-corrected chi connectivity index (χ2v) is 6.55. The Balaban J connectivity index is 1.89. The van der Waals surface area contributed by atoms with Crippen molar-refractivity contribution in [3.05, 3.63) is 34.6 Å². The molecule has 1 N–H and O–H groups in total. The van der Waals surface area contributed by atoms with Gasteiger partial charge in [-0.25, -0.2) is 0 Å². The Morgan fingerprint density at radius 3 is 2.67 bits per heavy atom. The largest absolute Gasteiger partial charge is 0.334 e. The van der Waals surface area contributed by atoms with Crippen LogP contribution in [0.3, 0.4) is 0 Å². The molecule has 0 aliphatic carbocycles. The van der Waals surface area contributed by atoms with Gasteiger partial charge in [0.25, 0.3) is 5.89 Å². The number of benzene rings is 1. The first-order chi connectivity index (χ1) is 10.1. The van der Waals surface area contributed by atoms with Crippen LogP contribution < -0.4 is 5.32 Å². The van der Waals surface area contributed by atoms with Gasteiger partial charge in [-0.2, -0.15) is 4.98 Å². The van der Waals surface area contributed by atoms with Gasteiger partial charge in [-0.1, -0.05) is 17.3 Å². The third kappa shape index (κ3) is 2.88. The SMILES string of the molecule is CC(C)(c1noc(-c2ccccc2Br)n1)N1CCNCC1. The molecule has 2 aromatic rings. The summed E-state index contributed by atoms with van der Waals surface area (Å²) in [5.74, 6) is 1.29. The lowest BCUT2D eigenvalue weighted by Crippen LogP contribution is -2.52. The summed E-state index contributed by atoms with van der Waals surface area (Å²) in [6, 6.07) is 7.88. The van der Waals surface area contributed by atoms with E-state index < -0.39 is 0 Å². The molecular formula is C15H19BrN4O. The van der Waals surface area contributed by atoms with Gasteiger partial charge in [0.1, 0.15) is 0 Å². The third-order valence-corrected chi connectivity index (χ3v) is 4.68. The van der Waals surface area contributed by atoms with E-state index >= 15 is 0 Å². The van der Waals surface area contributed by atoms with Gasteiger partial charge in [-0.15, -0.1) is 0 Å². The van der Waals surface area contributed by atoms with Crippen molar-refractivity contribution in [3.8, 4) is 11.5 Å². The summed E-state index contributed by atoms with van der Waals surface area (Å²) in [5, 5.41) is 7.58. The molecule has 0 spiro atoms. The fourth-order valence-electron chi connectivity index (χ4n) is 2.58. The van der Waals surface area contributed by atoms with Crippen LogP contribution in [0.4, 0.5) is 0 Å². The molecule has 1 saturated heterocycles. The second-order valence-electron chi connectivity index (χ2n) is 5.70. The van der Waals surface area contributed by atoms with E-state index in [0.717, 1.165) is 42.0 Å². The van der Waals surface area contributed by atoms with Crippen molar-refractivity contribution in [2.45, 2.75) is 19.4 Å². The summed E-state index contributed by atoms with van der Waals surface area (Å²) >= 11 is 3.52. The minimum atomic E-state index is -0.231. The number of nitrogens with one attached hydrogen (secondary N) is 1. The molecule has 5 nitrogen and oxygen atoms in total. The quantitative estimate of drug-likeness (QED) is 0.921. The van der Waals surface area contributed by atoms with E-state index in [1.165, 1.54) is 0 Å². The van der Waals surface area contributed by atoms with Crippen LogP contribution >= 0.6 is 15.9 Å². The van der Waals surface area contributed by atoms with Gasteiger partial charge in [-0.05, 0) is 41.9 Å². The molecule has 6 heteroatoms. The second kappa shape index (κ2) is 5.87. The zero-order chi connectivity index (χ0) is 14.9. The number of piperazine rings is 1. The molecule has 112 valence electrons. The summed E-state index contributed by atoms with van der Waals surface area (Å²) in [6.45, 7) is 8.27. The van der Waals surface area contributed by atoms with Crippen molar-refractivity contribution in [2.75, 3.05) is 26.2 Å². The number of hydrogen-bond acceptors (Lipinski definition) is 5. The van der Waals surface area contributed by atoms with Crippen LogP contribution in [0.1, 0.15) is 19.7 Å². The molecule has 1 aromatic heterocycles. The van der Waals surface area contributed by atoms with Crippen LogP contribution in [0.2, 0.25) is 0 Å². The normalized spacial score (nSPS) is 17.1. The van der Waals surface area contributed by atoms with Gasteiger partial charge in [0.05, 0.1) is 11.1 Å². The highest BCUT2D eigenvalue weighted by atomic mass is 79.9. The molecule has 2 heterocycles. The van der Waals surface area contributed by atoms with Crippen LogP contribution in [-0.2, 0) is 5.54 Å². The molecular weight excluding hydrogens is 332 g/mol. The van der Waals surface area contributed by atoms with E-state index in [9.17, 15) is 0 Å². The first kappa shape index (κ1) is 14.7. The maximum absolute atomic E-state index is 5.48. The summed E-state index contributed by atoms with van der Waals surface area (Å²) < 4.78 is 6.43. The molecule has 0 saturated carbocycles. The smallest absolute Gasteiger partial charge is 0.259 e. The van der Waals surface area contributed by atoms with E-state index in [0.29, 0.717) is 5.89 Å². The third-order valence-electron chi connectivity index (χ3n) is 3.99. The van der Waals surface area contributed by atoms with Gasteiger partial charge in [0.2, 0.25) is 0 Å². The zero-order valence-corrected chi connectivity index (χ0v) is 13.9. The Labute approximate surface area is 132 Å². The van der Waals surface area contributed by atoms with Gasteiger partial charge in [0, 0.05) is 30.7 Å². The molecule has 1 aliphatic rings. The van der Waals surface area contributed by atoms with E-state index in [2.05, 4.69) is 50.1 Å². The van der Waals surface area contributed by atoms with Crippen LogP contribution in [0, 0.1) is 0 Å². The Bertz CT molecular complexity index is 620. The van der Waals surface area contributed by atoms with Crippen molar-refractivity contribution in [3.63, 3.8) is 0 Å². The number of halogens is 1. The number of hydrogen-bond donors (Lipinski definition) is 1. The first-order valence-electron chi connectivity index (χ1n) is 7.14. The lowest BCUT2D eigenvalue weighted by atomic mass is 10.0. The Hall–Kier alpha value is -1.24. The predicted molar refractivity (Wildman–Crippen MR) is 84.9 cm³/mol. The minimum absolute atomic E-state index is 0.231. The summed E-state index contributed by atoms with van der Waals surface area (Å²) in [6.07, 6.45) is 0. The number of aromatic nitrogens is 2. The topological polar surface area (TPSA) is 54.2 Å². The van der Waals surface area contributed by atoms with Gasteiger partial charge in [-0.3, -0.25) is 4.90 Å². The minimum Gasteiger partial charge on any atom is -0.334 e. The van der Waals surface area contributed by atoms with Crippen molar-refractivity contribution >= 4 is 15.9 Å². The summed E-state index contributed by atoms with van der Waals surface area (Å²) in [4.78, 5) is 7.01.